The van der Waals surface area contributed by atoms with Crippen LogP contribution in [0.3, 0.4) is 0 Å². The van der Waals surface area contributed by atoms with Gasteiger partial charge in [-0.1, -0.05) is 0 Å². The van der Waals surface area contributed by atoms with Gasteiger partial charge in [0.2, 0.25) is 5.90 Å². The van der Waals surface area contributed by atoms with Crippen LogP contribution in [0.5, 0.6) is 0 Å². The summed E-state index contributed by atoms with van der Waals surface area (Å²) >= 11 is 0.907. The molecule has 0 radical (unpaired) electrons. The number of alkyl halides is 3. The van der Waals surface area contributed by atoms with E-state index in [1.54, 1.807) is 0 Å². The zero-order valence-corrected chi connectivity index (χ0v) is 11.9. The lowest BCUT2D eigenvalue weighted by Crippen LogP contribution is -2.09. The van der Waals surface area contributed by atoms with E-state index in [1.807, 2.05) is 0 Å². The summed E-state index contributed by atoms with van der Waals surface area (Å²) in [7, 11) is 0. The Kier molecular flexibility index (Phi) is 3.28. The highest BCUT2D eigenvalue weighted by molar-refractivity contribution is 7.20. The van der Waals surface area contributed by atoms with Crippen molar-refractivity contribution in [3.8, 4) is 0 Å². The van der Waals surface area contributed by atoms with Crippen LogP contribution in [0.1, 0.15) is 16.1 Å². The molecule has 1 aromatic carbocycles. The second kappa shape index (κ2) is 4.90. The molecule has 2 aromatic rings. The highest BCUT2D eigenvalue weighted by Crippen LogP contribution is 2.42. The lowest BCUT2D eigenvalue weighted by atomic mass is 10.1. The van der Waals surface area contributed by atoms with Gasteiger partial charge in [-0.15, -0.1) is 11.3 Å². The van der Waals surface area contributed by atoms with E-state index in [4.69, 9.17) is 4.74 Å². The zero-order valence-electron chi connectivity index (χ0n) is 11.1. The first-order valence-electron chi connectivity index (χ1n) is 6.12. The maximum atomic E-state index is 13.0. The number of thiazole rings is 1. The van der Waals surface area contributed by atoms with Crippen LogP contribution in [0.25, 0.3) is 10.2 Å². The van der Waals surface area contributed by atoms with Gasteiger partial charge < -0.3 is 4.74 Å². The highest BCUT2D eigenvalue weighted by atomic mass is 32.1. The Labute approximate surface area is 125 Å². The van der Waals surface area contributed by atoms with Crippen LogP contribution in [0.4, 0.5) is 18.9 Å². The van der Waals surface area contributed by atoms with E-state index in [2.05, 4.69) is 9.98 Å². The summed E-state index contributed by atoms with van der Waals surface area (Å²) in [5.41, 5.74) is -2.14. The van der Waals surface area contributed by atoms with Gasteiger partial charge in [-0.2, -0.15) is 13.2 Å². The topological polar surface area (TPSA) is 77.6 Å². The highest BCUT2D eigenvalue weighted by Gasteiger charge is 2.37. The molecule has 22 heavy (non-hydrogen) atoms. The first-order valence-corrected chi connectivity index (χ1v) is 6.94. The van der Waals surface area contributed by atoms with Gasteiger partial charge in [0.05, 0.1) is 22.5 Å². The molecule has 0 unspecified atom stereocenters. The summed E-state index contributed by atoms with van der Waals surface area (Å²) in [5.74, 6) is 0.210. The molecule has 0 amide bonds. The molecule has 1 aromatic heterocycles. The molecule has 0 saturated heterocycles. The normalized spacial score (nSPS) is 15.0. The Balaban J connectivity index is 2.30. The van der Waals surface area contributed by atoms with E-state index in [0.29, 0.717) is 13.2 Å². The van der Waals surface area contributed by atoms with Crippen molar-refractivity contribution in [1.29, 1.82) is 0 Å². The molecule has 6 nitrogen and oxygen atoms in total. The van der Waals surface area contributed by atoms with Crippen molar-refractivity contribution in [1.82, 2.24) is 4.98 Å². The summed E-state index contributed by atoms with van der Waals surface area (Å²) in [5, 5.41) is 11.4. The van der Waals surface area contributed by atoms with Crippen LogP contribution >= 0.6 is 11.3 Å². The number of aromatic nitrogens is 1. The molecule has 0 fully saturated rings. The Bertz CT molecular complexity index is 813. The molecule has 116 valence electrons. The number of nitro benzene ring substituents is 1. The van der Waals surface area contributed by atoms with Gasteiger partial charge in [0.15, 0.2) is 5.01 Å². The van der Waals surface area contributed by atoms with E-state index >= 15 is 0 Å². The number of fused-ring (bicyclic) bond motifs is 1. The maximum absolute atomic E-state index is 13.0. The average molecular weight is 331 g/mol. The number of hydrogen-bond acceptors (Lipinski definition) is 6. The molecule has 0 atom stereocenters. The fourth-order valence-corrected chi connectivity index (χ4v) is 3.29. The second-order valence-corrected chi connectivity index (χ2v) is 5.55. The molecular weight excluding hydrogens is 323 g/mol. The minimum absolute atomic E-state index is 0.0807. The molecule has 0 spiro atoms. The van der Waals surface area contributed by atoms with Crippen LogP contribution in [0.2, 0.25) is 0 Å². The number of rotatable bonds is 2. The molecular formula is C12H8F3N3O3S. The smallest absolute Gasteiger partial charge is 0.416 e. The predicted octanol–water partition coefficient (Wildman–Crippen LogP) is 3.31. The van der Waals surface area contributed by atoms with Crippen LogP contribution in [-0.4, -0.2) is 29.0 Å². The van der Waals surface area contributed by atoms with Gasteiger partial charge in [0.25, 0.3) is 5.69 Å². The molecule has 0 aliphatic carbocycles. The van der Waals surface area contributed by atoms with Crippen molar-refractivity contribution in [2.24, 2.45) is 4.99 Å². The van der Waals surface area contributed by atoms with Gasteiger partial charge in [-0.3, -0.25) is 10.1 Å². The fraction of sp³-hybridized carbons (Fsp3) is 0.333. The Morgan fingerprint density at radius 2 is 2.18 bits per heavy atom. The summed E-state index contributed by atoms with van der Waals surface area (Å²) < 4.78 is 44.4. The number of benzene rings is 1. The fourth-order valence-electron chi connectivity index (χ4n) is 2.21. The third-order valence-electron chi connectivity index (χ3n) is 3.17. The van der Waals surface area contributed by atoms with Crippen molar-refractivity contribution in [2.75, 3.05) is 13.2 Å². The van der Waals surface area contributed by atoms with E-state index in [-0.39, 0.29) is 21.1 Å². The second-order valence-electron chi connectivity index (χ2n) is 4.56. The van der Waals surface area contributed by atoms with Gasteiger partial charge in [-0.05, 0) is 13.0 Å². The lowest BCUT2D eigenvalue weighted by molar-refractivity contribution is -0.383. The first kappa shape index (κ1) is 14.7. The van der Waals surface area contributed by atoms with Gasteiger partial charge in [0, 0.05) is 5.56 Å². The minimum Gasteiger partial charge on any atom is -0.474 e. The quantitative estimate of drug-likeness (QED) is 0.625. The average Bonchev–Trinajstić information content (AvgIpc) is 3.04. The summed E-state index contributed by atoms with van der Waals surface area (Å²) in [6, 6.07) is 0.827. The van der Waals surface area contributed by atoms with Crippen molar-refractivity contribution in [3.05, 3.63) is 32.3 Å². The molecule has 10 heteroatoms. The van der Waals surface area contributed by atoms with Crippen molar-refractivity contribution in [2.45, 2.75) is 13.1 Å². The summed E-state index contributed by atoms with van der Waals surface area (Å²) in [6.45, 7) is 1.88. The molecule has 1 aliphatic rings. The van der Waals surface area contributed by atoms with E-state index in [1.165, 1.54) is 0 Å². The van der Waals surface area contributed by atoms with Crippen molar-refractivity contribution < 1.29 is 22.8 Å². The molecule has 1 aliphatic heterocycles. The molecule has 0 N–H and O–H groups in total. The van der Waals surface area contributed by atoms with Crippen LogP contribution in [-0.2, 0) is 10.9 Å². The standard InChI is InChI=1S/C12H8F3N3O3S/c1-5-6(12(13,14)15)4-7-9(8(5)18(19)20)22-11(17-7)10-16-2-3-21-10/h4H,2-3H2,1H3. The SMILES string of the molecule is Cc1c(C(F)(F)F)cc2nc(C3=NCCO3)sc2c1[N+](=O)[O-]. The maximum Gasteiger partial charge on any atom is 0.416 e. The van der Waals surface area contributed by atoms with E-state index < -0.39 is 27.9 Å². The van der Waals surface area contributed by atoms with Crippen molar-refractivity contribution >= 4 is 33.1 Å². The number of hydrogen-bond donors (Lipinski definition) is 0. The number of ether oxygens (including phenoxy) is 1. The molecule has 2 heterocycles. The monoisotopic (exact) mass is 331 g/mol. The summed E-state index contributed by atoms with van der Waals surface area (Å²) in [6.07, 6.45) is -4.69. The minimum atomic E-state index is -4.69. The number of nitro groups is 1. The van der Waals surface area contributed by atoms with E-state index in [0.717, 1.165) is 24.3 Å². The Hall–Kier alpha value is -2.23. The van der Waals surface area contributed by atoms with Gasteiger partial charge >= 0.3 is 6.18 Å². The summed E-state index contributed by atoms with van der Waals surface area (Å²) in [4.78, 5) is 18.4. The van der Waals surface area contributed by atoms with E-state index in [9.17, 15) is 23.3 Å². The van der Waals surface area contributed by atoms with Crippen molar-refractivity contribution in [3.63, 3.8) is 0 Å². The number of nitrogens with zero attached hydrogens (tertiary/aromatic N) is 3. The zero-order chi connectivity index (χ0) is 16.1. The first-order chi connectivity index (χ1) is 10.3. The molecule has 0 saturated carbocycles. The number of aliphatic imine (C=N–C) groups is 1. The van der Waals surface area contributed by atoms with Gasteiger partial charge in [-0.25, -0.2) is 9.98 Å². The molecule has 3 rings (SSSR count). The van der Waals surface area contributed by atoms with Crippen LogP contribution < -0.4 is 0 Å². The molecule has 0 bridgehead atoms. The van der Waals surface area contributed by atoms with Crippen LogP contribution in [0.15, 0.2) is 11.1 Å². The predicted molar refractivity (Wildman–Crippen MR) is 73.4 cm³/mol. The Morgan fingerprint density at radius 3 is 2.73 bits per heavy atom. The number of halogens is 3. The Morgan fingerprint density at radius 1 is 1.45 bits per heavy atom. The van der Waals surface area contributed by atoms with Crippen LogP contribution in [0, 0.1) is 17.0 Å². The largest absolute Gasteiger partial charge is 0.474 e. The third-order valence-corrected chi connectivity index (χ3v) is 4.23. The third kappa shape index (κ3) is 2.28. The van der Waals surface area contributed by atoms with Gasteiger partial charge in [0.1, 0.15) is 11.3 Å². The lowest BCUT2D eigenvalue weighted by Gasteiger charge is -2.10.